The fourth-order valence-electron chi connectivity index (χ4n) is 1.72. The number of hydrogen-bond donors (Lipinski definition) is 2. The molecule has 0 saturated heterocycles. The van der Waals surface area contributed by atoms with Crippen LogP contribution in [0.2, 0.25) is 10.0 Å². The van der Waals surface area contributed by atoms with Gasteiger partial charge in [0.1, 0.15) is 5.75 Å². The van der Waals surface area contributed by atoms with Gasteiger partial charge in [0.05, 0.1) is 12.1 Å². The molecule has 6 heteroatoms. The first kappa shape index (κ1) is 16.9. The topological polar surface area (TPSA) is 50.4 Å². The number of methoxy groups -OCH3 is 1. The van der Waals surface area contributed by atoms with Crippen molar-refractivity contribution in [3.63, 3.8) is 0 Å². The monoisotopic (exact) mass is 318 g/mol. The SMILES string of the molecule is COc1c(Cl)cc(Cl)cc1CCNC(=O)NC(C)(C)C. The molecule has 0 saturated carbocycles. The van der Waals surface area contributed by atoms with Crippen LogP contribution >= 0.6 is 23.2 Å². The van der Waals surface area contributed by atoms with E-state index >= 15 is 0 Å². The first-order valence-electron chi connectivity index (χ1n) is 6.31. The fraction of sp³-hybridized carbons (Fsp3) is 0.500. The predicted molar refractivity (Wildman–Crippen MR) is 83.0 cm³/mol. The minimum absolute atomic E-state index is 0.204. The highest BCUT2D eigenvalue weighted by Crippen LogP contribution is 2.32. The molecule has 0 aliphatic carbocycles. The molecule has 0 aliphatic heterocycles. The molecule has 0 radical (unpaired) electrons. The molecule has 2 amide bonds. The Labute approximate surface area is 129 Å². The number of nitrogens with one attached hydrogen (secondary N) is 2. The molecule has 0 fully saturated rings. The molecule has 1 aromatic rings. The van der Waals surface area contributed by atoms with Crippen molar-refractivity contribution in [1.82, 2.24) is 10.6 Å². The zero-order valence-electron chi connectivity index (χ0n) is 12.1. The van der Waals surface area contributed by atoms with E-state index in [4.69, 9.17) is 27.9 Å². The number of amides is 2. The molecule has 0 spiro atoms. The first-order valence-corrected chi connectivity index (χ1v) is 7.06. The van der Waals surface area contributed by atoms with E-state index in [2.05, 4.69) is 10.6 Å². The molecule has 0 heterocycles. The summed E-state index contributed by atoms with van der Waals surface area (Å²) < 4.78 is 5.25. The molecule has 0 atom stereocenters. The highest BCUT2D eigenvalue weighted by molar-refractivity contribution is 6.35. The second-order valence-corrected chi connectivity index (χ2v) is 6.30. The summed E-state index contributed by atoms with van der Waals surface area (Å²) in [5, 5.41) is 6.62. The van der Waals surface area contributed by atoms with Gasteiger partial charge in [-0.15, -0.1) is 0 Å². The lowest BCUT2D eigenvalue weighted by atomic mass is 10.1. The molecule has 112 valence electrons. The minimum atomic E-state index is -0.263. The third-order valence-corrected chi connectivity index (χ3v) is 2.96. The van der Waals surface area contributed by atoms with Gasteiger partial charge in [0, 0.05) is 17.1 Å². The van der Waals surface area contributed by atoms with Gasteiger partial charge in [-0.25, -0.2) is 4.79 Å². The van der Waals surface area contributed by atoms with Crippen molar-refractivity contribution >= 4 is 29.2 Å². The molecular formula is C14H20Cl2N2O2. The Morgan fingerprint density at radius 3 is 2.50 bits per heavy atom. The number of urea groups is 1. The van der Waals surface area contributed by atoms with Gasteiger partial charge in [0.25, 0.3) is 0 Å². The average molecular weight is 319 g/mol. The third-order valence-electron chi connectivity index (χ3n) is 2.46. The van der Waals surface area contributed by atoms with Crippen molar-refractivity contribution in [2.24, 2.45) is 0 Å². The number of rotatable bonds is 4. The predicted octanol–water partition coefficient (Wildman–Crippen LogP) is 3.64. The Balaban J connectivity index is 2.60. The van der Waals surface area contributed by atoms with Crippen LogP contribution in [0.1, 0.15) is 26.3 Å². The van der Waals surface area contributed by atoms with E-state index in [0.717, 1.165) is 5.56 Å². The van der Waals surface area contributed by atoms with Gasteiger partial charge in [-0.1, -0.05) is 23.2 Å². The second-order valence-electron chi connectivity index (χ2n) is 5.46. The number of carbonyl (C=O) groups excluding carboxylic acids is 1. The van der Waals surface area contributed by atoms with Gasteiger partial charge in [0.2, 0.25) is 0 Å². The van der Waals surface area contributed by atoms with E-state index in [9.17, 15) is 4.79 Å². The summed E-state index contributed by atoms with van der Waals surface area (Å²) in [6.45, 7) is 6.24. The zero-order valence-corrected chi connectivity index (χ0v) is 13.7. The molecule has 0 aliphatic rings. The number of hydrogen-bond acceptors (Lipinski definition) is 2. The van der Waals surface area contributed by atoms with Crippen LogP contribution in [-0.2, 0) is 6.42 Å². The van der Waals surface area contributed by atoms with Gasteiger partial charge in [0.15, 0.2) is 0 Å². The van der Waals surface area contributed by atoms with Crippen molar-refractivity contribution in [3.05, 3.63) is 27.7 Å². The van der Waals surface area contributed by atoms with E-state index in [-0.39, 0.29) is 11.6 Å². The van der Waals surface area contributed by atoms with Gasteiger partial charge in [-0.3, -0.25) is 0 Å². The number of carbonyl (C=O) groups is 1. The lowest BCUT2D eigenvalue weighted by Gasteiger charge is -2.20. The smallest absolute Gasteiger partial charge is 0.315 e. The highest BCUT2D eigenvalue weighted by Gasteiger charge is 2.14. The van der Waals surface area contributed by atoms with Gasteiger partial charge in [-0.05, 0) is 44.9 Å². The van der Waals surface area contributed by atoms with Crippen molar-refractivity contribution < 1.29 is 9.53 Å². The number of halogens is 2. The van der Waals surface area contributed by atoms with Gasteiger partial charge in [-0.2, -0.15) is 0 Å². The second kappa shape index (κ2) is 7.04. The van der Waals surface area contributed by atoms with E-state index in [0.29, 0.717) is 28.8 Å². The van der Waals surface area contributed by atoms with Crippen LogP contribution in [0.3, 0.4) is 0 Å². The summed E-state index contributed by atoms with van der Waals surface area (Å²) in [7, 11) is 1.55. The molecule has 1 aromatic carbocycles. The van der Waals surface area contributed by atoms with Crippen molar-refractivity contribution in [2.75, 3.05) is 13.7 Å². The highest BCUT2D eigenvalue weighted by atomic mass is 35.5. The quantitative estimate of drug-likeness (QED) is 0.890. The van der Waals surface area contributed by atoms with Crippen molar-refractivity contribution in [2.45, 2.75) is 32.7 Å². The molecule has 1 rings (SSSR count). The fourth-order valence-corrected chi connectivity index (χ4v) is 2.34. The summed E-state index contributed by atoms with van der Waals surface area (Å²) in [6.07, 6.45) is 0.584. The molecule has 2 N–H and O–H groups in total. The molecular weight excluding hydrogens is 299 g/mol. The first-order chi connectivity index (χ1) is 9.23. The standard InChI is InChI=1S/C14H20Cl2N2O2/c1-14(2,3)18-13(19)17-6-5-9-7-10(15)8-11(16)12(9)20-4/h7-8H,5-6H2,1-4H3,(H2,17,18,19). The summed E-state index contributed by atoms with van der Waals surface area (Å²) in [6, 6.07) is 3.21. The lowest BCUT2D eigenvalue weighted by molar-refractivity contribution is 0.232. The lowest BCUT2D eigenvalue weighted by Crippen LogP contribution is -2.46. The number of ether oxygens (including phenoxy) is 1. The van der Waals surface area contributed by atoms with E-state index in [1.165, 1.54) is 0 Å². The largest absolute Gasteiger partial charge is 0.495 e. The Bertz CT molecular complexity index is 485. The van der Waals surface area contributed by atoms with Gasteiger partial charge >= 0.3 is 6.03 Å². The summed E-state index contributed by atoms with van der Waals surface area (Å²) in [5.74, 6) is 0.592. The summed E-state index contributed by atoms with van der Waals surface area (Å²) >= 11 is 12.0. The maximum Gasteiger partial charge on any atom is 0.315 e. The Kier molecular flexibility index (Phi) is 5.96. The Morgan fingerprint density at radius 2 is 1.95 bits per heavy atom. The van der Waals surface area contributed by atoms with E-state index in [1.54, 1.807) is 19.2 Å². The summed E-state index contributed by atoms with van der Waals surface area (Å²) in [5.41, 5.74) is 0.599. The normalized spacial score (nSPS) is 11.1. The van der Waals surface area contributed by atoms with Gasteiger partial charge < -0.3 is 15.4 Å². The minimum Gasteiger partial charge on any atom is -0.495 e. The van der Waals surface area contributed by atoms with E-state index < -0.39 is 0 Å². The maximum absolute atomic E-state index is 11.6. The summed E-state index contributed by atoms with van der Waals surface area (Å²) in [4.78, 5) is 11.6. The van der Waals surface area contributed by atoms with Crippen molar-refractivity contribution in [3.8, 4) is 5.75 Å². The molecule has 20 heavy (non-hydrogen) atoms. The molecule has 0 aromatic heterocycles. The number of benzene rings is 1. The van der Waals surface area contributed by atoms with Crippen LogP contribution in [0.15, 0.2) is 12.1 Å². The van der Waals surface area contributed by atoms with Crippen LogP contribution in [0.5, 0.6) is 5.75 Å². The molecule has 0 bridgehead atoms. The van der Waals surface area contributed by atoms with Crippen molar-refractivity contribution in [1.29, 1.82) is 0 Å². The Morgan fingerprint density at radius 1 is 1.30 bits per heavy atom. The van der Waals surface area contributed by atoms with Crippen LogP contribution in [0, 0.1) is 0 Å². The zero-order chi connectivity index (χ0) is 15.3. The molecule has 4 nitrogen and oxygen atoms in total. The maximum atomic E-state index is 11.6. The van der Waals surface area contributed by atoms with E-state index in [1.807, 2.05) is 20.8 Å². The van der Waals surface area contributed by atoms with Crippen LogP contribution in [-0.4, -0.2) is 25.2 Å². The Hall–Kier alpha value is -1.13. The average Bonchev–Trinajstić information content (AvgIpc) is 2.25. The van der Waals surface area contributed by atoms with Crippen LogP contribution < -0.4 is 15.4 Å². The third kappa shape index (κ3) is 5.47. The molecule has 0 unspecified atom stereocenters. The van der Waals surface area contributed by atoms with Crippen LogP contribution in [0.25, 0.3) is 0 Å². The van der Waals surface area contributed by atoms with Crippen LogP contribution in [0.4, 0.5) is 4.79 Å².